The second-order valence-electron chi connectivity index (χ2n) is 7.00. The Morgan fingerprint density at radius 2 is 1.85 bits per heavy atom. The standard InChI is InChI=1S/C18H21N5O3/c1-12-14(19-13-6-4-5-9-23(12)13)15(24)22-10-7-18(8-11-22)16(25)20(2)17(26)21(18)3/h4-6,9H,7-8,10-11H2,1-3H3. The van der Waals surface area contributed by atoms with Crippen LogP contribution in [0.1, 0.15) is 29.0 Å². The first-order valence-electron chi connectivity index (χ1n) is 8.66. The molecule has 8 nitrogen and oxygen atoms in total. The van der Waals surface area contributed by atoms with Crippen molar-refractivity contribution in [2.45, 2.75) is 25.3 Å². The maximum absolute atomic E-state index is 13.0. The minimum atomic E-state index is -0.823. The lowest BCUT2D eigenvalue weighted by Crippen LogP contribution is -2.56. The van der Waals surface area contributed by atoms with E-state index in [-0.39, 0.29) is 17.8 Å². The van der Waals surface area contributed by atoms with Crippen LogP contribution in [0.25, 0.3) is 5.65 Å². The van der Waals surface area contributed by atoms with Gasteiger partial charge in [0.2, 0.25) is 0 Å². The summed E-state index contributed by atoms with van der Waals surface area (Å²) in [5.74, 6) is -0.310. The number of aromatic nitrogens is 2. The smallest absolute Gasteiger partial charge is 0.327 e. The quantitative estimate of drug-likeness (QED) is 0.719. The maximum atomic E-state index is 13.0. The molecule has 0 aromatic carbocycles. The molecule has 136 valence electrons. The van der Waals surface area contributed by atoms with Crippen LogP contribution in [0, 0.1) is 6.92 Å². The van der Waals surface area contributed by atoms with Gasteiger partial charge in [0, 0.05) is 33.4 Å². The summed E-state index contributed by atoms with van der Waals surface area (Å²) in [6.07, 6.45) is 2.76. The summed E-state index contributed by atoms with van der Waals surface area (Å²) in [6.45, 7) is 2.72. The topological polar surface area (TPSA) is 78.2 Å². The normalized spacial score (nSPS) is 19.9. The summed E-state index contributed by atoms with van der Waals surface area (Å²) in [5.41, 5.74) is 1.15. The zero-order chi connectivity index (χ0) is 18.6. The van der Waals surface area contributed by atoms with E-state index in [1.54, 1.807) is 11.9 Å². The average Bonchev–Trinajstić information content (AvgIpc) is 3.08. The van der Waals surface area contributed by atoms with Crippen LogP contribution in [0.3, 0.4) is 0 Å². The fourth-order valence-corrected chi connectivity index (χ4v) is 4.05. The van der Waals surface area contributed by atoms with Crippen molar-refractivity contribution >= 4 is 23.5 Å². The Balaban J connectivity index is 1.56. The highest BCUT2D eigenvalue weighted by atomic mass is 16.2. The van der Waals surface area contributed by atoms with Crippen molar-refractivity contribution in [3.05, 3.63) is 35.8 Å². The first-order valence-corrected chi connectivity index (χ1v) is 8.66. The lowest BCUT2D eigenvalue weighted by Gasteiger charge is -2.40. The number of rotatable bonds is 1. The molecular formula is C18H21N5O3. The van der Waals surface area contributed by atoms with E-state index < -0.39 is 5.54 Å². The van der Waals surface area contributed by atoms with E-state index in [4.69, 9.17) is 0 Å². The third-order valence-corrected chi connectivity index (χ3v) is 5.77. The van der Waals surface area contributed by atoms with Crippen molar-refractivity contribution in [1.82, 2.24) is 24.1 Å². The summed E-state index contributed by atoms with van der Waals surface area (Å²) in [4.78, 5) is 46.5. The number of aryl methyl sites for hydroxylation is 1. The molecule has 1 spiro atoms. The summed E-state index contributed by atoms with van der Waals surface area (Å²) < 4.78 is 1.89. The molecule has 0 atom stereocenters. The van der Waals surface area contributed by atoms with Crippen LogP contribution in [-0.4, -0.2) is 74.7 Å². The Kier molecular flexibility index (Phi) is 3.54. The molecule has 2 aromatic rings. The summed E-state index contributed by atoms with van der Waals surface area (Å²) in [5, 5.41) is 0. The van der Waals surface area contributed by atoms with Crippen molar-refractivity contribution in [2.24, 2.45) is 0 Å². The highest BCUT2D eigenvalue weighted by Crippen LogP contribution is 2.35. The zero-order valence-electron chi connectivity index (χ0n) is 15.1. The van der Waals surface area contributed by atoms with Gasteiger partial charge in [-0.05, 0) is 31.9 Å². The second-order valence-corrected chi connectivity index (χ2v) is 7.00. The molecule has 2 aliphatic rings. The second kappa shape index (κ2) is 5.55. The Morgan fingerprint density at radius 3 is 2.42 bits per heavy atom. The van der Waals surface area contributed by atoms with Crippen LogP contribution in [-0.2, 0) is 4.79 Å². The van der Waals surface area contributed by atoms with E-state index >= 15 is 0 Å². The predicted octanol–water partition coefficient (Wildman–Crippen LogP) is 1.14. The van der Waals surface area contributed by atoms with Crippen molar-refractivity contribution in [1.29, 1.82) is 0 Å². The van der Waals surface area contributed by atoms with Crippen LogP contribution in [0.2, 0.25) is 0 Å². The molecule has 2 fully saturated rings. The number of imidazole rings is 1. The molecule has 0 N–H and O–H groups in total. The fourth-order valence-electron chi connectivity index (χ4n) is 4.05. The number of carbonyl (C=O) groups is 3. The summed E-state index contributed by atoms with van der Waals surface area (Å²) in [6, 6.07) is 5.36. The fraction of sp³-hybridized carbons (Fsp3) is 0.444. The van der Waals surface area contributed by atoms with Crippen LogP contribution in [0.15, 0.2) is 24.4 Å². The van der Waals surface area contributed by atoms with E-state index in [1.165, 1.54) is 16.8 Å². The van der Waals surface area contributed by atoms with Crippen molar-refractivity contribution in [3.63, 3.8) is 0 Å². The monoisotopic (exact) mass is 355 g/mol. The van der Waals surface area contributed by atoms with Crippen LogP contribution >= 0.6 is 0 Å². The van der Waals surface area contributed by atoms with Crippen molar-refractivity contribution in [3.8, 4) is 0 Å². The summed E-state index contributed by atoms with van der Waals surface area (Å²) in [7, 11) is 3.17. The number of urea groups is 1. The molecule has 0 bridgehead atoms. The Hall–Kier alpha value is -2.90. The van der Waals surface area contributed by atoms with Crippen LogP contribution < -0.4 is 0 Å². The van der Waals surface area contributed by atoms with Gasteiger partial charge in [-0.3, -0.25) is 14.5 Å². The van der Waals surface area contributed by atoms with Crippen LogP contribution in [0.5, 0.6) is 0 Å². The molecule has 0 saturated carbocycles. The molecule has 2 aliphatic heterocycles. The Bertz CT molecular complexity index is 926. The van der Waals surface area contributed by atoms with Crippen molar-refractivity contribution in [2.75, 3.05) is 27.2 Å². The molecule has 0 unspecified atom stereocenters. The molecule has 0 aliphatic carbocycles. The highest BCUT2D eigenvalue weighted by Gasteiger charge is 2.55. The summed E-state index contributed by atoms with van der Waals surface area (Å²) >= 11 is 0. The number of fused-ring (bicyclic) bond motifs is 1. The van der Waals surface area contributed by atoms with E-state index in [1.807, 2.05) is 35.7 Å². The molecule has 26 heavy (non-hydrogen) atoms. The van der Waals surface area contributed by atoms with E-state index in [0.717, 1.165) is 11.3 Å². The number of hydrogen-bond acceptors (Lipinski definition) is 4. The predicted molar refractivity (Wildman–Crippen MR) is 93.7 cm³/mol. The van der Waals surface area contributed by atoms with Gasteiger partial charge in [-0.1, -0.05) is 6.07 Å². The first-order chi connectivity index (χ1) is 12.4. The highest BCUT2D eigenvalue weighted by molar-refractivity contribution is 6.06. The number of likely N-dealkylation sites (N-methyl/N-ethyl adjacent to an activating group) is 2. The number of likely N-dealkylation sites (tertiary alicyclic amines) is 1. The van der Waals surface area contributed by atoms with Gasteiger partial charge in [0.05, 0.1) is 5.69 Å². The van der Waals surface area contributed by atoms with E-state index in [9.17, 15) is 14.4 Å². The number of imide groups is 1. The molecule has 8 heteroatoms. The molecular weight excluding hydrogens is 334 g/mol. The maximum Gasteiger partial charge on any atom is 0.327 e. The minimum absolute atomic E-state index is 0.131. The van der Waals surface area contributed by atoms with Gasteiger partial charge in [-0.2, -0.15) is 0 Å². The largest absolute Gasteiger partial charge is 0.337 e. The molecule has 2 saturated heterocycles. The van der Waals surface area contributed by atoms with Gasteiger partial charge in [0.1, 0.15) is 16.9 Å². The van der Waals surface area contributed by atoms with Gasteiger partial charge in [0.25, 0.3) is 11.8 Å². The molecule has 0 radical (unpaired) electrons. The number of piperidine rings is 1. The van der Waals surface area contributed by atoms with Gasteiger partial charge >= 0.3 is 6.03 Å². The van der Waals surface area contributed by atoms with E-state index in [2.05, 4.69) is 4.98 Å². The number of carbonyl (C=O) groups excluding carboxylic acids is 3. The van der Waals surface area contributed by atoms with Gasteiger partial charge in [-0.25, -0.2) is 9.78 Å². The minimum Gasteiger partial charge on any atom is -0.337 e. The van der Waals surface area contributed by atoms with Crippen molar-refractivity contribution < 1.29 is 14.4 Å². The molecule has 4 amide bonds. The number of nitrogens with zero attached hydrogens (tertiary/aromatic N) is 5. The lowest BCUT2D eigenvalue weighted by atomic mass is 9.86. The molecule has 4 heterocycles. The number of hydrogen-bond donors (Lipinski definition) is 0. The average molecular weight is 355 g/mol. The Morgan fingerprint density at radius 1 is 1.15 bits per heavy atom. The SMILES string of the molecule is Cc1c(C(=O)N2CCC3(CC2)C(=O)N(C)C(=O)N3C)nc2ccccn12. The Labute approximate surface area is 151 Å². The third-order valence-electron chi connectivity index (χ3n) is 5.77. The zero-order valence-corrected chi connectivity index (χ0v) is 15.1. The van der Waals surface area contributed by atoms with Gasteiger partial charge < -0.3 is 14.2 Å². The molecule has 2 aromatic heterocycles. The lowest BCUT2D eigenvalue weighted by molar-refractivity contribution is -0.134. The third kappa shape index (κ3) is 2.07. The van der Waals surface area contributed by atoms with Gasteiger partial charge in [0.15, 0.2) is 0 Å². The van der Waals surface area contributed by atoms with Crippen LogP contribution in [0.4, 0.5) is 4.79 Å². The molecule has 4 rings (SSSR count). The number of pyridine rings is 1. The number of amides is 4. The van der Waals surface area contributed by atoms with Gasteiger partial charge in [-0.15, -0.1) is 0 Å². The first kappa shape index (κ1) is 16.6. The van der Waals surface area contributed by atoms with E-state index in [0.29, 0.717) is 31.6 Å².